The number of nitrogens with one attached hydrogen (secondary N) is 1. The van der Waals surface area contributed by atoms with Crippen molar-refractivity contribution in [3.8, 4) is 5.69 Å². The van der Waals surface area contributed by atoms with Crippen molar-refractivity contribution in [2.24, 2.45) is 5.92 Å². The first-order chi connectivity index (χ1) is 15.7. The van der Waals surface area contributed by atoms with E-state index in [1.54, 1.807) is 18.7 Å². The number of imidazole rings is 1. The number of carbonyl (C=O) groups excluding carboxylic acids is 1. The maximum atomic E-state index is 13.7. The van der Waals surface area contributed by atoms with E-state index < -0.39 is 11.7 Å². The molecule has 3 heterocycles. The third-order valence-electron chi connectivity index (χ3n) is 6.12. The van der Waals surface area contributed by atoms with E-state index in [2.05, 4.69) is 22.2 Å². The number of hydrogen-bond donors (Lipinski definition) is 1. The van der Waals surface area contributed by atoms with E-state index in [-0.39, 0.29) is 17.9 Å². The molecule has 0 spiro atoms. The second kappa shape index (κ2) is 9.25. The number of piperidine rings is 1. The van der Waals surface area contributed by atoms with Gasteiger partial charge in [-0.25, -0.2) is 9.97 Å². The standard InChI is InChI=1S/C24H26F3N5O/c1-16-5-7-20(31-11-9-28-15-31)19(12-16)23(33)32-10-3-4-17(2)21(32)14-30-22-8-6-18(13-29-22)24(25,26)27/h5-9,11-13,15,17,21H,3-4,10,14H2,1-2H3,(H,29,30)/t17-,21?/m1/s1. The summed E-state index contributed by atoms with van der Waals surface area (Å²) in [5.41, 5.74) is 1.55. The third-order valence-corrected chi connectivity index (χ3v) is 6.12. The predicted molar refractivity (Wildman–Crippen MR) is 119 cm³/mol. The minimum absolute atomic E-state index is 0.0684. The number of aryl methyl sites for hydroxylation is 1. The zero-order valence-corrected chi connectivity index (χ0v) is 18.5. The fourth-order valence-corrected chi connectivity index (χ4v) is 4.29. The molecule has 4 rings (SSSR count). The first-order valence-corrected chi connectivity index (χ1v) is 10.9. The summed E-state index contributed by atoms with van der Waals surface area (Å²) in [5, 5.41) is 3.13. The minimum atomic E-state index is -4.42. The van der Waals surface area contributed by atoms with Crippen LogP contribution in [-0.4, -0.2) is 44.5 Å². The maximum Gasteiger partial charge on any atom is 0.417 e. The highest BCUT2D eigenvalue weighted by molar-refractivity contribution is 5.98. The van der Waals surface area contributed by atoms with Gasteiger partial charge in [0.2, 0.25) is 0 Å². The number of halogens is 3. The molecule has 1 unspecified atom stereocenters. The SMILES string of the molecule is Cc1ccc(-n2ccnc2)c(C(=O)N2CCC[C@@H](C)C2CNc2ccc(C(F)(F)F)cn2)c1. The number of anilines is 1. The van der Waals surface area contributed by atoms with Gasteiger partial charge in [0.05, 0.1) is 29.2 Å². The van der Waals surface area contributed by atoms with Gasteiger partial charge in [0.15, 0.2) is 0 Å². The molecule has 2 aromatic heterocycles. The number of rotatable bonds is 5. The molecule has 0 saturated carbocycles. The van der Waals surface area contributed by atoms with E-state index in [1.165, 1.54) is 6.07 Å². The van der Waals surface area contributed by atoms with Crippen molar-refractivity contribution in [2.45, 2.75) is 38.9 Å². The summed E-state index contributed by atoms with van der Waals surface area (Å²) in [7, 11) is 0. The van der Waals surface area contributed by atoms with Gasteiger partial charge in [-0.1, -0.05) is 18.6 Å². The Morgan fingerprint density at radius 3 is 2.73 bits per heavy atom. The number of benzene rings is 1. The second-order valence-corrected chi connectivity index (χ2v) is 8.49. The summed E-state index contributed by atoms with van der Waals surface area (Å²) in [5.74, 6) is 0.509. The number of hydrogen-bond acceptors (Lipinski definition) is 4. The van der Waals surface area contributed by atoms with Crippen molar-refractivity contribution in [3.05, 3.63) is 71.9 Å². The summed E-state index contributed by atoms with van der Waals surface area (Å²) in [6.07, 6.45) is 3.39. The first-order valence-electron chi connectivity index (χ1n) is 10.9. The molecule has 1 saturated heterocycles. The molecular formula is C24H26F3N5O. The van der Waals surface area contributed by atoms with Crippen LogP contribution in [0.15, 0.2) is 55.2 Å². The summed E-state index contributed by atoms with van der Waals surface area (Å²) < 4.78 is 40.2. The normalized spacial score (nSPS) is 18.9. The molecule has 0 radical (unpaired) electrons. The van der Waals surface area contributed by atoms with Crippen molar-refractivity contribution in [2.75, 3.05) is 18.4 Å². The Hall–Kier alpha value is -3.36. The number of nitrogens with zero attached hydrogens (tertiary/aromatic N) is 4. The molecule has 1 N–H and O–H groups in total. The smallest absolute Gasteiger partial charge is 0.368 e. The van der Waals surface area contributed by atoms with Gasteiger partial charge in [-0.3, -0.25) is 4.79 Å². The third kappa shape index (κ3) is 5.02. The van der Waals surface area contributed by atoms with E-state index in [9.17, 15) is 18.0 Å². The van der Waals surface area contributed by atoms with Gasteiger partial charge in [-0.2, -0.15) is 13.2 Å². The van der Waals surface area contributed by atoms with Crippen LogP contribution >= 0.6 is 0 Å². The molecule has 0 aliphatic carbocycles. The van der Waals surface area contributed by atoms with Crippen LogP contribution in [0, 0.1) is 12.8 Å². The van der Waals surface area contributed by atoms with E-state index in [0.29, 0.717) is 24.5 Å². The van der Waals surface area contributed by atoms with Gasteiger partial charge in [0, 0.05) is 31.7 Å². The highest BCUT2D eigenvalue weighted by Gasteiger charge is 2.34. The van der Waals surface area contributed by atoms with E-state index in [1.807, 2.05) is 34.6 Å². The maximum absolute atomic E-state index is 13.7. The van der Waals surface area contributed by atoms with E-state index in [0.717, 1.165) is 36.4 Å². The summed E-state index contributed by atoms with van der Waals surface area (Å²) in [4.78, 5) is 23.6. The number of aromatic nitrogens is 3. The second-order valence-electron chi connectivity index (χ2n) is 8.49. The van der Waals surface area contributed by atoms with Gasteiger partial charge in [0.25, 0.3) is 5.91 Å². The fourth-order valence-electron chi connectivity index (χ4n) is 4.29. The van der Waals surface area contributed by atoms with Crippen LogP contribution in [0.5, 0.6) is 0 Å². The molecule has 1 amide bonds. The lowest BCUT2D eigenvalue weighted by molar-refractivity contribution is -0.137. The average Bonchev–Trinajstić information content (AvgIpc) is 3.32. The van der Waals surface area contributed by atoms with Crippen LogP contribution in [0.2, 0.25) is 0 Å². The monoisotopic (exact) mass is 457 g/mol. The molecule has 9 heteroatoms. The lowest BCUT2D eigenvalue weighted by Crippen LogP contribution is -2.51. The molecule has 3 aromatic rings. The molecular weight excluding hydrogens is 431 g/mol. The average molecular weight is 458 g/mol. The van der Waals surface area contributed by atoms with Crippen LogP contribution in [0.1, 0.15) is 41.3 Å². The number of likely N-dealkylation sites (tertiary alicyclic amines) is 1. The molecule has 0 bridgehead atoms. The lowest BCUT2D eigenvalue weighted by Gasteiger charge is -2.40. The molecule has 174 valence electrons. The molecule has 6 nitrogen and oxygen atoms in total. The largest absolute Gasteiger partial charge is 0.417 e. The summed E-state index contributed by atoms with van der Waals surface area (Å²) >= 11 is 0. The van der Waals surface area contributed by atoms with Gasteiger partial charge < -0.3 is 14.8 Å². The Morgan fingerprint density at radius 2 is 2.06 bits per heavy atom. The van der Waals surface area contributed by atoms with Gasteiger partial charge in [-0.05, 0) is 49.9 Å². The molecule has 33 heavy (non-hydrogen) atoms. The van der Waals surface area contributed by atoms with E-state index in [4.69, 9.17) is 0 Å². The Labute approximate surface area is 190 Å². The first kappa shape index (κ1) is 22.8. The van der Waals surface area contributed by atoms with Crippen molar-refractivity contribution < 1.29 is 18.0 Å². The quantitative estimate of drug-likeness (QED) is 0.589. The topological polar surface area (TPSA) is 63.1 Å². The van der Waals surface area contributed by atoms with Crippen molar-refractivity contribution in [3.63, 3.8) is 0 Å². The molecule has 1 aromatic carbocycles. The number of pyridine rings is 1. The Kier molecular flexibility index (Phi) is 6.40. The predicted octanol–water partition coefficient (Wildman–Crippen LogP) is 4.95. The van der Waals surface area contributed by atoms with Crippen molar-refractivity contribution in [1.29, 1.82) is 0 Å². The van der Waals surface area contributed by atoms with Crippen LogP contribution in [-0.2, 0) is 6.18 Å². The minimum Gasteiger partial charge on any atom is -0.368 e. The van der Waals surface area contributed by atoms with Crippen LogP contribution in [0.25, 0.3) is 5.69 Å². The van der Waals surface area contributed by atoms with Gasteiger partial charge >= 0.3 is 6.18 Å². The van der Waals surface area contributed by atoms with Crippen molar-refractivity contribution >= 4 is 11.7 Å². The van der Waals surface area contributed by atoms with E-state index >= 15 is 0 Å². The summed E-state index contributed by atoms with van der Waals surface area (Å²) in [6, 6.07) is 7.97. The zero-order chi connectivity index (χ0) is 23.6. The Balaban J connectivity index is 1.55. The lowest BCUT2D eigenvalue weighted by atomic mass is 9.89. The summed E-state index contributed by atoms with van der Waals surface area (Å²) in [6.45, 7) is 5.06. The van der Waals surface area contributed by atoms with Gasteiger partial charge in [-0.15, -0.1) is 0 Å². The molecule has 2 atom stereocenters. The van der Waals surface area contributed by atoms with Crippen LogP contribution in [0.3, 0.4) is 0 Å². The number of alkyl halides is 3. The highest BCUT2D eigenvalue weighted by Crippen LogP contribution is 2.30. The zero-order valence-electron chi connectivity index (χ0n) is 18.5. The Bertz CT molecular complexity index is 1100. The van der Waals surface area contributed by atoms with Crippen LogP contribution in [0.4, 0.5) is 19.0 Å². The fraction of sp³-hybridized carbons (Fsp3) is 0.375. The number of carbonyl (C=O) groups is 1. The molecule has 1 fully saturated rings. The Morgan fingerprint density at radius 1 is 1.24 bits per heavy atom. The highest BCUT2D eigenvalue weighted by atomic mass is 19.4. The van der Waals surface area contributed by atoms with Crippen LogP contribution < -0.4 is 5.32 Å². The van der Waals surface area contributed by atoms with Gasteiger partial charge in [0.1, 0.15) is 5.82 Å². The molecule has 1 aliphatic rings. The number of amides is 1. The van der Waals surface area contributed by atoms with Crippen molar-refractivity contribution in [1.82, 2.24) is 19.4 Å². The molecule has 1 aliphatic heterocycles.